The predicted molar refractivity (Wildman–Crippen MR) is 178 cm³/mol. The average molecular weight is 640 g/mol. The Morgan fingerprint density at radius 1 is 1.09 bits per heavy atom. The molecule has 2 N–H and O–H groups in total. The van der Waals surface area contributed by atoms with E-state index in [2.05, 4.69) is 41.0 Å². The summed E-state index contributed by atoms with van der Waals surface area (Å²) in [4.78, 5) is 42.5. The zero-order valence-corrected chi connectivity index (χ0v) is 27.2. The predicted octanol–water partition coefficient (Wildman–Crippen LogP) is 6.05. The van der Waals surface area contributed by atoms with E-state index >= 15 is 4.39 Å². The van der Waals surface area contributed by atoms with Crippen LogP contribution in [0.15, 0.2) is 47.9 Å². The van der Waals surface area contributed by atoms with Gasteiger partial charge < -0.3 is 19.6 Å². The van der Waals surface area contributed by atoms with E-state index in [4.69, 9.17) is 0 Å². The fourth-order valence-electron chi connectivity index (χ4n) is 8.11. The van der Waals surface area contributed by atoms with Crippen molar-refractivity contribution in [2.45, 2.75) is 84.9 Å². The largest absolute Gasteiger partial charge is 0.392 e. The molecule has 1 saturated carbocycles. The number of anilines is 3. The maximum atomic E-state index is 15.7. The molecule has 0 bridgehead atoms. The number of hydrogen-bond donors (Lipinski definition) is 2. The van der Waals surface area contributed by atoms with Gasteiger partial charge in [-0.05, 0) is 80.0 Å². The first kappa shape index (κ1) is 31.2. The Morgan fingerprint density at radius 3 is 2.68 bits per heavy atom. The number of nitrogens with zero attached hydrogens (tertiary/aromatic N) is 6. The van der Waals surface area contributed by atoms with E-state index in [9.17, 15) is 14.7 Å². The lowest BCUT2D eigenvalue weighted by Crippen LogP contribution is -2.42. The summed E-state index contributed by atoms with van der Waals surface area (Å²) in [5.74, 6) is 1.09. The standard InChI is InChI=1S/C36H42FN7O3/c1-21(2)24-9-8-22(3)16-30(24)44-18-23(17-28(35(44)46)41-31-11-12-38-20-40-31)25-10-13-39-34(27(25)19-45)43-15-14-42-29-7-5-4-6-26(29)32(37)33(42)36(43)47/h10-13,17-18,20-22,24,30,45H,4-9,14-16,19H2,1-3H3,(H,38,40,41). The van der Waals surface area contributed by atoms with Gasteiger partial charge in [-0.2, -0.15) is 0 Å². The minimum Gasteiger partial charge on any atom is -0.392 e. The first-order chi connectivity index (χ1) is 22.8. The first-order valence-corrected chi connectivity index (χ1v) is 16.9. The molecule has 1 fully saturated rings. The summed E-state index contributed by atoms with van der Waals surface area (Å²) in [5.41, 5.74) is 3.67. The average Bonchev–Trinajstić information content (AvgIpc) is 3.38. The van der Waals surface area contributed by atoms with Gasteiger partial charge in [0, 0.05) is 60.1 Å². The van der Waals surface area contributed by atoms with Crippen molar-refractivity contribution in [3.8, 4) is 11.1 Å². The Kier molecular flexibility index (Phi) is 8.42. The van der Waals surface area contributed by atoms with Gasteiger partial charge in [0.05, 0.1) is 6.61 Å². The van der Waals surface area contributed by atoms with Gasteiger partial charge in [-0.25, -0.2) is 19.3 Å². The van der Waals surface area contributed by atoms with Crippen molar-refractivity contribution < 1.29 is 14.3 Å². The molecular formula is C36H42FN7O3. The molecule has 3 atom stereocenters. The number of rotatable bonds is 7. The summed E-state index contributed by atoms with van der Waals surface area (Å²) in [6.45, 7) is 7.04. The normalized spacial score (nSPS) is 21.1. The summed E-state index contributed by atoms with van der Waals surface area (Å²) >= 11 is 0. The fraction of sp³-hybridized carbons (Fsp3) is 0.472. The van der Waals surface area contributed by atoms with Crippen LogP contribution in [0.1, 0.15) is 86.2 Å². The second-order valence-electron chi connectivity index (χ2n) is 13.7. The summed E-state index contributed by atoms with van der Waals surface area (Å²) in [5, 5.41) is 14.0. The topological polar surface area (TPSA) is 118 Å². The molecule has 3 aliphatic rings. The maximum Gasteiger partial charge on any atom is 0.279 e. The number of aromatic nitrogens is 5. The Hall–Kier alpha value is -4.38. The molecule has 0 aromatic carbocycles. The van der Waals surface area contributed by atoms with Gasteiger partial charge in [-0.1, -0.05) is 27.2 Å². The van der Waals surface area contributed by atoms with Crippen LogP contribution in [0.4, 0.5) is 21.7 Å². The second-order valence-corrected chi connectivity index (χ2v) is 13.7. The molecule has 0 radical (unpaired) electrons. The fourth-order valence-corrected chi connectivity index (χ4v) is 8.11. The molecule has 10 nitrogen and oxygen atoms in total. The van der Waals surface area contributed by atoms with Gasteiger partial charge in [0.25, 0.3) is 11.5 Å². The molecule has 246 valence electrons. The third-order valence-electron chi connectivity index (χ3n) is 10.5. The molecule has 0 saturated heterocycles. The van der Waals surface area contributed by atoms with Crippen molar-refractivity contribution >= 4 is 23.2 Å². The molecule has 4 aromatic heterocycles. The van der Waals surface area contributed by atoms with Gasteiger partial charge in [-0.15, -0.1) is 0 Å². The highest BCUT2D eigenvalue weighted by Gasteiger charge is 2.37. The van der Waals surface area contributed by atoms with Crippen LogP contribution >= 0.6 is 0 Å². The van der Waals surface area contributed by atoms with Crippen LogP contribution in [-0.2, 0) is 26.0 Å². The Labute approximate surface area is 273 Å². The van der Waals surface area contributed by atoms with Crippen molar-refractivity contribution in [2.24, 2.45) is 17.8 Å². The van der Waals surface area contributed by atoms with Crippen molar-refractivity contribution in [2.75, 3.05) is 16.8 Å². The number of carbonyl (C=O) groups is 1. The van der Waals surface area contributed by atoms with Crippen molar-refractivity contribution in [3.05, 3.63) is 81.8 Å². The molecule has 4 aromatic rings. The van der Waals surface area contributed by atoms with Crippen LogP contribution < -0.4 is 15.8 Å². The maximum absolute atomic E-state index is 15.7. The Morgan fingerprint density at radius 2 is 1.91 bits per heavy atom. The summed E-state index contributed by atoms with van der Waals surface area (Å²) in [7, 11) is 0. The van der Waals surface area contributed by atoms with Crippen molar-refractivity contribution in [1.29, 1.82) is 0 Å². The summed E-state index contributed by atoms with van der Waals surface area (Å²) in [6, 6.07) is 5.26. The molecule has 7 rings (SSSR count). The highest BCUT2D eigenvalue weighted by atomic mass is 19.1. The zero-order valence-electron chi connectivity index (χ0n) is 27.2. The van der Waals surface area contributed by atoms with E-state index in [1.54, 1.807) is 30.6 Å². The molecule has 11 heteroatoms. The first-order valence-electron chi connectivity index (χ1n) is 16.9. The number of halogens is 1. The number of pyridine rings is 2. The van der Waals surface area contributed by atoms with Crippen LogP contribution in [0.2, 0.25) is 0 Å². The zero-order chi connectivity index (χ0) is 32.8. The van der Waals surface area contributed by atoms with E-state index in [1.165, 1.54) is 11.2 Å². The van der Waals surface area contributed by atoms with Gasteiger partial charge in [0.1, 0.15) is 29.3 Å². The molecule has 3 unspecified atom stereocenters. The molecule has 1 amide bonds. The molecule has 5 heterocycles. The second kappa shape index (κ2) is 12.7. The lowest BCUT2D eigenvalue weighted by Gasteiger charge is -2.38. The molecule has 1 aliphatic heterocycles. The van der Waals surface area contributed by atoms with Crippen LogP contribution in [0.25, 0.3) is 11.1 Å². The lowest BCUT2D eigenvalue weighted by atomic mass is 9.74. The third-order valence-corrected chi connectivity index (χ3v) is 10.5. The molecule has 47 heavy (non-hydrogen) atoms. The lowest BCUT2D eigenvalue weighted by molar-refractivity contribution is 0.0958. The molecule has 2 aliphatic carbocycles. The highest BCUT2D eigenvalue weighted by molar-refractivity contribution is 6.06. The number of nitrogens with one attached hydrogen (secondary N) is 1. The number of hydrogen-bond acceptors (Lipinski definition) is 7. The monoisotopic (exact) mass is 639 g/mol. The van der Waals surface area contributed by atoms with E-state index in [0.717, 1.165) is 44.2 Å². The quantitative estimate of drug-likeness (QED) is 0.253. The third kappa shape index (κ3) is 5.54. The van der Waals surface area contributed by atoms with Crippen LogP contribution in [0.3, 0.4) is 0 Å². The van der Waals surface area contributed by atoms with E-state index in [0.29, 0.717) is 76.8 Å². The number of aliphatic hydroxyl groups excluding tert-OH is 1. The van der Waals surface area contributed by atoms with E-state index in [-0.39, 0.29) is 17.3 Å². The van der Waals surface area contributed by atoms with Crippen molar-refractivity contribution in [1.82, 2.24) is 24.1 Å². The number of amides is 1. The van der Waals surface area contributed by atoms with Gasteiger partial charge in [-0.3, -0.25) is 14.5 Å². The van der Waals surface area contributed by atoms with Crippen molar-refractivity contribution in [3.63, 3.8) is 0 Å². The van der Waals surface area contributed by atoms with Crippen LogP contribution in [0.5, 0.6) is 0 Å². The van der Waals surface area contributed by atoms with Gasteiger partial charge in [0.2, 0.25) is 0 Å². The molecular weight excluding hydrogens is 597 g/mol. The number of carbonyl (C=O) groups excluding carboxylic acids is 1. The Balaban J connectivity index is 1.34. The highest BCUT2D eigenvalue weighted by Crippen LogP contribution is 2.42. The van der Waals surface area contributed by atoms with Gasteiger partial charge >= 0.3 is 0 Å². The minimum atomic E-state index is -0.449. The van der Waals surface area contributed by atoms with Crippen LogP contribution in [0, 0.1) is 23.6 Å². The van der Waals surface area contributed by atoms with Gasteiger partial charge in [0.15, 0.2) is 5.82 Å². The Bertz CT molecular complexity index is 1870. The van der Waals surface area contributed by atoms with E-state index in [1.807, 2.05) is 15.3 Å². The summed E-state index contributed by atoms with van der Waals surface area (Å²) in [6.07, 6.45) is 12.9. The smallest absolute Gasteiger partial charge is 0.279 e. The van der Waals surface area contributed by atoms with Crippen LogP contribution in [-0.4, -0.2) is 41.6 Å². The number of aliphatic hydroxyl groups is 1. The minimum absolute atomic E-state index is 0.0125. The molecule has 0 spiro atoms. The summed E-state index contributed by atoms with van der Waals surface area (Å²) < 4.78 is 19.4. The van der Waals surface area contributed by atoms with E-state index < -0.39 is 18.3 Å². The SMILES string of the molecule is CC1CCC(C(C)C)C(n2cc(-c3ccnc(N4CCn5c6c(c(F)c5C4=O)CCCC6)c3CO)cc(Nc3ccncn3)c2=O)C1. The number of fused-ring (bicyclic) bond motifs is 3.